The van der Waals surface area contributed by atoms with Gasteiger partial charge in [-0.25, -0.2) is 0 Å². The highest BCUT2D eigenvalue weighted by atomic mass is 16.6. The molecule has 1 aliphatic carbocycles. The van der Waals surface area contributed by atoms with Crippen molar-refractivity contribution in [3.05, 3.63) is 58.5 Å². The maximum atomic E-state index is 11.8. The van der Waals surface area contributed by atoms with Crippen LogP contribution in [0.4, 0.5) is 11.4 Å². The van der Waals surface area contributed by atoms with Crippen molar-refractivity contribution >= 4 is 23.2 Å². The van der Waals surface area contributed by atoms with Crippen LogP contribution >= 0.6 is 0 Å². The SMILES string of the molecule is O=C(Nc1ccc(NC(=O)C2CC2[N+](=O)[O-])cc1)c1ccco1. The smallest absolute Gasteiger partial charge is 0.291 e. The second-order valence-electron chi connectivity index (χ2n) is 5.19. The fourth-order valence-corrected chi connectivity index (χ4v) is 2.17. The molecule has 118 valence electrons. The van der Waals surface area contributed by atoms with Crippen LogP contribution in [0, 0.1) is 16.0 Å². The number of anilines is 2. The number of nitrogens with one attached hydrogen (secondary N) is 2. The lowest BCUT2D eigenvalue weighted by Gasteiger charge is -2.06. The summed E-state index contributed by atoms with van der Waals surface area (Å²) in [4.78, 5) is 33.7. The Morgan fingerprint density at radius 1 is 1.13 bits per heavy atom. The number of hydrogen-bond donors (Lipinski definition) is 2. The normalized spacial score (nSPS) is 19.0. The molecule has 23 heavy (non-hydrogen) atoms. The lowest BCUT2D eigenvalue weighted by Crippen LogP contribution is -2.18. The maximum absolute atomic E-state index is 11.8. The molecule has 8 nitrogen and oxygen atoms in total. The van der Waals surface area contributed by atoms with Crippen molar-refractivity contribution in [2.75, 3.05) is 10.6 Å². The van der Waals surface area contributed by atoms with Gasteiger partial charge in [0.05, 0.1) is 6.26 Å². The van der Waals surface area contributed by atoms with Gasteiger partial charge < -0.3 is 15.1 Å². The lowest BCUT2D eigenvalue weighted by atomic mass is 10.2. The molecule has 2 N–H and O–H groups in total. The second-order valence-corrected chi connectivity index (χ2v) is 5.19. The summed E-state index contributed by atoms with van der Waals surface area (Å²) in [5.41, 5.74) is 1.05. The van der Waals surface area contributed by atoms with E-state index in [0.717, 1.165) is 0 Å². The van der Waals surface area contributed by atoms with Gasteiger partial charge in [-0.1, -0.05) is 0 Å². The zero-order chi connectivity index (χ0) is 16.4. The molecule has 8 heteroatoms. The summed E-state index contributed by atoms with van der Waals surface area (Å²) >= 11 is 0. The Morgan fingerprint density at radius 2 is 1.78 bits per heavy atom. The molecule has 0 bridgehead atoms. The molecular formula is C15H13N3O5. The Balaban J connectivity index is 1.56. The van der Waals surface area contributed by atoms with Gasteiger partial charge in [0.15, 0.2) is 5.76 Å². The van der Waals surface area contributed by atoms with E-state index in [1.54, 1.807) is 36.4 Å². The molecule has 0 aliphatic heterocycles. The van der Waals surface area contributed by atoms with Crippen LogP contribution in [0.3, 0.4) is 0 Å². The second kappa shape index (κ2) is 5.91. The predicted molar refractivity (Wildman–Crippen MR) is 80.6 cm³/mol. The molecule has 1 saturated carbocycles. The third-order valence-electron chi connectivity index (χ3n) is 3.52. The molecular weight excluding hydrogens is 302 g/mol. The number of carbonyl (C=O) groups excluding carboxylic acids is 2. The Labute approximate surface area is 130 Å². The van der Waals surface area contributed by atoms with Crippen molar-refractivity contribution in [3.8, 4) is 0 Å². The number of carbonyl (C=O) groups is 2. The van der Waals surface area contributed by atoms with Crippen LogP contribution in [0.1, 0.15) is 17.0 Å². The van der Waals surface area contributed by atoms with E-state index in [2.05, 4.69) is 10.6 Å². The summed E-state index contributed by atoms with van der Waals surface area (Å²) < 4.78 is 4.98. The molecule has 2 amide bonds. The van der Waals surface area contributed by atoms with Crippen molar-refractivity contribution in [3.63, 3.8) is 0 Å². The van der Waals surface area contributed by atoms with Crippen molar-refractivity contribution in [1.82, 2.24) is 0 Å². The summed E-state index contributed by atoms with van der Waals surface area (Å²) in [6.07, 6.45) is 1.68. The van der Waals surface area contributed by atoms with E-state index in [0.29, 0.717) is 11.4 Å². The average Bonchev–Trinajstić information content (AvgIpc) is 3.16. The van der Waals surface area contributed by atoms with Crippen LogP contribution in [-0.4, -0.2) is 22.8 Å². The molecule has 1 aromatic heterocycles. The molecule has 2 unspecified atom stereocenters. The minimum Gasteiger partial charge on any atom is -0.459 e. The number of nitro groups is 1. The molecule has 3 rings (SSSR count). The Hall–Kier alpha value is -3.16. The Bertz CT molecular complexity index is 739. The summed E-state index contributed by atoms with van der Waals surface area (Å²) in [6.45, 7) is 0. The van der Waals surface area contributed by atoms with Gasteiger partial charge in [0.1, 0.15) is 5.92 Å². The molecule has 2 atom stereocenters. The molecule has 0 spiro atoms. The fraction of sp³-hybridized carbons (Fsp3) is 0.200. The van der Waals surface area contributed by atoms with Crippen molar-refractivity contribution in [2.45, 2.75) is 12.5 Å². The van der Waals surface area contributed by atoms with Crippen LogP contribution in [-0.2, 0) is 4.79 Å². The number of hydrogen-bond acceptors (Lipinski definition) is 5. The first-order valence-electron chi connectivity index (χ1n) is 6.94. The standard InChI is InChI=1S/C15H13N3O5/c19-14(11-8-12(11)18(21)22)16-9-3-5-10(6-4-9)17-15(20)13-2-1-7-23-13/h1-7,11-12H,8H2,(H,16,19)(H,17,20). The van der Waals surface area contributed by atoms with E-state index in [1.165, 1.54) is 6.26 Å². The third-order valence-corrected chi connectivity index (χ3v) is 3.52. The van der Waals surface area contributed by atoms with Gasteiger partial charge in [-0.15, -0.1) is 0 Å². The predicted octanol–water partition coefficient (Wildman–Crippen LogP) is 2.14. The first-order chi connectivity index (χ1) is 11.0. The zero-order valence-electron chi connectivity index (χ0n) is 11.9. The van der Waals surface area contributed by atoms with Crippen molar-refractivity contribution < 1.29 is 18.9 Å². The molecule has 1 fully saturated rings. The van der Waals surface area contributed by atoms with Crippen LogP contribution in [0.5, 0.6) is 0 Å². The van der Waals surface area contributed by atoms with Crippen LogP contribution in [0.2, 0.25) is 0 Å². The van der Waals surface area contributed by atoms with E-state index in [-0.39, 0.29) is 24.0 Å². The van der Waals surface area contributed by atoms with E-state index in [9.17, 15) is 19.7 Å². The monoisotopic (exact) mass is 315 g/mol. The first kappa shape index (κ1) is 14.8. The van der Waals surface area contributed by atoms with Gasteiger partial charge >= 0.3 is 0 Å². The Morgan fingerprint density at radius 3 is 2.30 bits per heavy atom. The van der Waals surface area contributed by atoms with Gasteiger partial charge in [0, 0.05) is 22.7 Å². The van der Waals surface area contributed by atoms with Crippen LogP contribution in [0.25, 0.3) is 0 Å². The van der Waals surface area contributed by atoms with Crippen molar-refractivity contribution in [1.29, 1.82) is 0 Å². The van der Waals surface area contributed by atoms with Crippen LogP contribution < -0.4 is 10.6 Å². The molecule has 2 aromatic rings. The summed E-state index contributed by atoms with van der Waals surface area (Å²) in [7, 11) is 0. The molecule has 0 saturated heterocycles. The summed E-state index contributed by atoms with van der Waals surface area (Å²) in [5, 5.41) is 15.8. The number of nitrogens with zero attached hydrogens (tertiary/aromatic N) is 1. The van der Waals surface area contributed by atoms with Crippen molar-refractivity contribution in [2.24, 2.45) is 5.92 Å². The minimum absolute atomic E-state index is 0.196. The van der Waals surface area contributed by atoms with E-state index < -0.39 is 16.9 Å². The number of benzene rings is 1. The highest BCUT2D eigenvalue weighted by Gasteiger charge is 2.53. The fourth-order valence-electron chi connectivity index (χ4n) is 2.17. The zero-order valence-corrected chi connectivity index (χ0v) is 11.9. The average molecular weight is 315 g/mol. The molecule has 0 radical (unpaired) electrons. The summed E-state index contributed by atoms with van der Waals surface area (Å²) in [5.74, 6) is -1.11. The van der Waals surface area contributed by atoms with E-state index in [1.807, 2.05) is 0 Å². The van der Waals surface area contributed by atoms with Gasteiger partial charge in [-0.3, -0.25) is 19.7 Å². The highest BCUT2D eigenvalue weighted by molar-refractivity contribution is 6.02. The third kappa shape index (κ3) is 3.37. The maximum Gasteiger partial charge on any atom is 0.291 e. The summed E-state index contributed by atoms with van der Waals surface area (Å²) in [6, 6.07) is 8.84. The number of amides is 2. The minimum atomic E-state index is -0.776. The quantitative estimate of drug-likeness (QED) is 0.648. The van der Waals surface area contributed by atoms with Gasteiger partial charge in [0.25, 0.3) is 5.91 Å². The van der Waals surface area contributed by atoms with Gasteiger partial charge in [-0.2, -0.15) is 0 Å². The van der Waals surface area contributed by atoms with E-state index >= 15 is 0 Å². The molecule has 1 aliphatic rings. The van der Waals surface area contributed by atoms with Gasteiger partial charge in [0.2, 0.25) is 11.9 Å². The van der Waals surface area contributed by atoms with E-state index in [4.69, 9.17) is 4.42 Å². The largest absolute Gasteiger partial charge is 0.459 e. The lowest BCUT2D eigenvalue weighted by molar-refractivity contribution is -0.497. The number of furan rings is 1. The van der Waals surface area contributed by atoms with Gasteiger partial charge in [-0.05, 0) is 36.4 Å². The molecule has 1 aromatic carbocycles. The topological polar surface area (TPSA) is 114 Å². The highest BCUT2D eigenvalue weighted by Crippen LogP contribution is 2.34. The Kier molecular flexibility index (Phi) is 3.80. The first-order valence-corrected chi connectivity index (χ1v) is 6.94. The molecule has 1 heterocycles. The van der Waals surface area contributed by atoms with Crippen LogP contribution in [0.15, 0.2) is 47.1 Å². The number of rotatable bonds is 5.